The molecule has 0 saturated carbocycles. The van der Waals surface area contributed by atoms with Crippen LogP contribution in [0, 0.1) is 0 Å². The number of piperidine rings is 1. The van der Waals surface area contributed by atoms with Crippen molar-refractivity contribution < 1.29 is 4.79 Å². The van der Waals surface area contributed by atoms with Gasteiger partial charge in [0.25, 0.3) is 5.91 Å². The summed E-state index contributed by atoms with van der Waals surface area (Å²) in [6.45, 7) is 1.91. The van der Waals surface area contributed by atoms with Crippen LogP contribution in [0.1, 0.15) is 34.8 Å². The van der Waals surface area contributed by atoms with Crippen LogP contribution in [0.15, 0.2) is 49.2 Å². The molecule has 7 heteroatoms. The lowest BCUT2D eigenvalue weighted by Gasteiger charge is -2.22. The molecular weight excluding hydrogens is 316 g/mol. The number of benzene rings is 1. The topological polar surface area (TPSA) is 87.6 Å². The predicted octanol–water partition coefficient (Wildman–Crippen LogP) is 2.31. The summed E-state index contributed by atoms with van der Waals surface area (Å²) in [7, 11) is 0. The Morgan fingerprint density at radius 2 is 2.32 bits per heavy atom. The third kappa shape index (κ3) is 3.32. The van der Waals surface area contributed by atoms with E-state index in [0.717, 1.165) is 43.0 Å². The molecule has 4 rings (SSSR count). The van der Waals surface area contributed by atoms with Crippen molar-refractivity contribution in [1.82, 2.24) is 25.1 Å². The summed E-state index contributed by atoms with van der Waals surface area (Å²) < 4.78 is 1.90. The first-order valence-electron chi connectivity index (χ1n) is 8.45. The maximum atomic E-state index is 12.7. The van der Waals surface area contributed by atoms with Gasteiger partial charge >= 0.3 is 0 Å². The maximum Gasteiger partial charge on any atom is 0.259 e. The number of carbonyl (C=O) groups is 1. The van der Waals surface area contributed by atoms with Crippen molar-refractivity contribution in [2.75, 3.05) is 18.4 Å². The Kier molecular flexibility index (Phi) is 4.30. The smallest absolute Gasteiger partial charge is 0.259 e. The highest BCUT2D eigenvalue weighted by Crippen LogP contribution is 2.25. The van der Waals surface area contributed by atoms with Crippen LogP contribution < -0.4 is 10.6 Å². The van der Waals surface area contributed by atoms with Crippen molar-refractivity contribution >= 4 is 11.6 Å². The highest BCUT2D eigenvalue weighted by Gasteiger charge is 2.23. The van der Waals surface area contributed by atoms with E-state index in [0.29, 0.717) is 11.5 Å². The monoisotopic (exact) mass is 336 g/mol. The number of carbonyl (C=O) groups excluding carboxylic acids is 1. The summed E-state index contributed by atoms with van der Waals surface area (Å²) in [5, 5.41) is 13.5. The molecule has 128 valence electrons. The molecule has 3 heterocycles. The number of aromatic nitrogens is 4. The van der Waals surface area contributed by atoms with Crippen LogP contribution in [-0.4, -0.2) is 38.7 Å². The highest BCUT2D eigenvalue weighted by molar-refractivity contribution is 6.05. The van der Waals surface area contributed by atoms with Gasteiger partial charge in [0, 0.05) is 36.2 Å². The lowest BCUT2D eigenvalue weighted by atomic mass is 9.93. The van der Waals surface area contributed by atoms with E-state index < -0.39 is 0 Å². The summed E-state index contributed by atoms with van der Waals surface area (Å²) >= 11 is 0. The fraction of sp³-hybridized carbons (Fsp3) is 0.278. The number of nitrogens with zero attached hydrogens (tertiary/aromatic N) is 3. The average molecular weight is 336 g/mol. The molecule has 0 spiro atoms. The van der Waals surface area contributed by atoms with Crippen LogP contribution in [0.5, 0.6) is 0 Å². The first-order valence-corrected chi connectivity index (χ1v) is 8.45. The maximum absolute atomic E-state index is 12.7. The summed E-state index contributed by atoms with van der Waals surface area (Å²) in [5.74, 6) is 0.159. The molecule has 0 aliphatic carbocycles. The molecule has 1 aliphatic rings. The minimum atomic E-state index is -0.142. The molecule has 3 aromatic rings. The zero-order chi connectivity index (χ0) is 17.1. The number of nitrogens with one attached hydrogen (secondary N) is 3. The molecule has 1 unspecified atom stereocenters. The predicted molar refractivity (Wildman–Crippen MR) is 94.9 cm³/mol. The molecule has 1 saturated heterocycles. The Hall–Kier alpha value is -2.93. The second kappa shape index (κ2) is 6.90. The third-order valence-corrected chi connectivity index (χ3v) is 4.53. The Bertz CT molecular complexity index is 848. The van der Waals surface area contributed by atoms with E-state index in [4.69, 9.17) is 0 Å². The van der Waals surface area contributed by atoms with E-state index in [9.17, 15) is 4.79 Å². The number of H-pyrrole nitrogens is 1. The van der Waals surface area contributed by atoms with Crippen LogP contribution in [0.3, 0.4) is 0 Å². The van der Waals surface area contributed by atoms with Gasteiger partial charge in [0.05, 0.1) is 23.8 Å². The van der Waals surface area contributed by atoms with Gasteiger partial charge in [0.1, 0.15) is 0 Å². The zero-order valence-corrected chi connectivity index (χ0v) is 13.8. The van der Waals surface area contributed by atoms with E-state index in [1.54, 1.807) is 18.7 Å². The number of anilines is 1. The second-order valence-electron chi connectivity index (χ2n) is 6.22. The van der Waals surface area contributed by atoms with Crippen molar-refractivity contribution in [1.29, 1.82) is 0 Å². The molecule has 1 fully saturated rings. The number of amides is 1. The van der Waals surface area contributed by atoms with Crippen LogP contribution in [0.25, 0.3) is 5.69 Å². The van der Waals surface area contributed by atoms with Crippen molar-refractivity contribution in [3.05, 3.63) is 60.4 Å². The van der Waals surface area contributed by atoms with Gasteiger partial charge in [-0.1, -0.05) is 6.07 Å². The molecule has 7 nitrogen and oxygen atoms in total. The quantitative estimate of drug-likeness (QED) is 0.682. The summed E-state index contributed by atoms with van der Waals surface area (Å²) in [5.41, 5.74) is 3.21. The van der Waals surface area contributed by atoms with Gasteiger partial charge in [-0.2, -0.15) is 5.10 Å². The molecular formula is C18H20N6O. The standard InChI is InChI=1S/C18H20N6O/c25-18(16-11-21-23-17(16)13-3-2-6-19-10-13)22-14-4-1-5-15(9-14)24-8-7-20-12-24/h1,4-5,7-9,11-13,19H,2-3,6,10H2,(H,21,23)(H,22,25). The van der Waals surface area contributed by atoms with Crippen molar-refractivity contribution in [2.45, 2.75) is 18.8 Å². The number of hydrogen-bond acceptors (Lipinski definition) is 4. The van der Waals surface area contributed by atoms with E-state index in [-0.39, 0.29) is 5.91 Å². The molecule has 0 radical (unpaired) electrons. The first-order chi connectivity index (χ1) is 12.3. The van der Waals surface area contributed by atoms with E-state index in [1.807, 2.05) is 35.0 Å². The van der Waals surface area contributed by atoms with Gasteiger partial charge in [-0.3, -0.25) is 9.89 Å². The van der Waals surface area contributed by atoms with Gasteiger partial charge in [0.15, 0.2) is 0 Å². The van der Waals surface area contributed by atoms with E-state index in [1.165, 1.54) is 0 Å². The van der Waals surface area contributed by atoms with Gasteiger partial charge < -0.3 is 15.2 Å². The summed E-state index contributed by atoms with van der Waals surface area (Å²) in [6.07, 6.45) is 9.10. The SMILES string of the molecule is O=C(Nc1cccc(-n2ccnc2)c1)c1cn[nH]c1C1CCCNC1. The molecule has 1 aliphatic heterocycles. The van der Waals surface area contributed by atoms with Gasteiger partial charge in [-0.05, 0) is 37.6 Å². The van der Waals surface area contributed by atoms with Gasteiger partial charge in [-0.25, -0.2) is 4.98 Å². The number of imidazole rings is 1. The minimum Gasteiger partial charge on any atom is -0.322 e. The van der Waals surface area contributed by atoms with Crippen LogP contribution >= 0.6 is 0 Å². The average Bonchev–Trinajstić information content (AvgIpc) is 3.34. The normalized spacial score (nSPS) is 17.4. The van der Waals surface area contributed by atoms with Crippen LogP contribution in [0.2, 0.25) is 0 Å². The van der Waals surface area contributed by atoms with Crippen LogP contribution in [0.4, 0.5) is 5.69 Å². The fourth-order valence-corrected chi connectivity index (χ4v) is 3.24. The fourth-order valence-electron chi connectivity index (χ4n) is 3.24. The Morgan fingerprint density at radius 1 is 1.36 bits per heavy atom. The third-order valence-electron chi connectivity index (χ3n) is 4.53. The summed E-state index contributed by atoms with van der Waals surface area (Å²) in [4.78, 5) is 16.8. The Labute approximate surface area is 145 Å². The molecule has 1 atom stereocenters. The largest absolute Gasteiger partial charge is 0.322 e. The molecule has 3 N–H and O–H groups in total. The first kappa shape index (κ1) is 15.6. The Balaban J connectivity index is 1.53. The molecule has 1 amide bonds. The summed E-state index contributed by atoms with van der Waals surface area (Å²) in [6, 6.07) is 7.67. The molecule has 0 bridgehead atoms. The Morgan fingerprint density at radius 3 is 3.12 bits per heavy atom. The molecule has 2 aromatic heterocycles. The van der Waals surface area contributed by atoms with Crippen molar-refractivity contribution in [2.24, 2.45) is 0 Å². The molecule has 25 heavy (non-hydrogen) atoms. The minimum absolute atomic E-state index is 0.142. The number of aromatic amines is 1. The van der Waals surface area contributed by atoms with Gasteiger partial charge in [0.2, 0.25) is 0 Å². The lowest BCUT2D eigenvalue weighted by Crippen LogP contribution is -2.29. The van der Waals surface area contributed by atoms with E-state index >= 15 is 0 Å². The van der Waals surface area contributed by atoms with Crippen molar-refractivity contribution in [3.63, 3.8) is 0 Å². The highest BCUT2D eigenvalue weighted by atomic mass is 16.1. The number of hydrogen-bond donors (Lipinski definition) is 3. The second-order valence-corrected chi connectivity index (χ2v) is 6.22. The van der Waals surface area contributed by atoms with Gasteiger partial charge in [-0.15, -0.1) is 0 Å². The molecule has 1 aromatic carbocycles. The zero-order valence-electron chi connectivity index (χ0n) is 13.8. The van der Waals surface area contributed by atoms with E-state index in [2.05, 4.69) is 25.8 Å². The number of rotatable bonds is 4. The van der Waals surface area contributed by atoms with Crippen molar-refractivity contribution in [3.8, 4) is 5.69 Å². The van der Waals surface area contributed by atoms with Crippen LogP contribution in [-0.2, 0) is 0 Å². The lowest BCUT2D eigenvalue weighted by molar-refractivity contribution is 0.102.